The van der Waals surface area contributed by atoms with Gasteiger partial charge in [-0.25, -0.2) is 18.9 Å². The summed E-state index contributed by atoms with van der Waals surface area (Å²) in [5, 5.41) is 14.3. The molecule has 3 rings (SSSR count). The van der Waals surface area contributed by atoms with Gasteiger partial charge in [-0.3, -0.25) is 33.2 Å². The number of rotatable bonds is 24. The molecule has 1 aliphatic rings. The molecule has 0 spiro atoms. The Bertz CT molecular complexity index is 1630. The second-order valence-electron chi connectivity index (χ2n) is 12.7. The fourth-order valence-electron chi connectivity index (χ4n) is 4.56. The van der Waals surface area contributed by atoms with Crippen molar-refractivity contribution < 1.29 is 60.4 Å². The molecule has 336 valence electrons. The molecule has 1 aliphatic carbocycles. The third-order valence-electron chi connectivity index (χ3n) is 7.31. The average molecular weight is 890 g/mol. The van der Waals surface area contributed by atoms with E-state index >= 15 is 0 Å². The summed E-state index contributed by atoms with van der Waals surface area (Å²) in [4.78, 5) is 41.8. The molecule has 18 nitrogen and oxygen atoms in total. The van der Waals surface area contributed by atoms with Crippen LogP contribution in [0.1, 0.15) is 78.0 Å². The van der Waals surface area contributed by atoms with Gasteiger partial charge in [0.15, 0.2) is 6.79 Å². The zero-order chi connectivity index (χ0) is 44.7. The highest BCUT2D eigenvalue weighted by molar-refractivity contribution is 8.01. The normalized spacial score (nSPS) is 13.6. The van der Waals surface area contributed by atoms with Crippen LogP contribution in [0.25, 0.3) is 0 Å². The number of carbonyl (C=O) groups is 3. The summed E-state index contributed by atoms with van der Waals surface area (Å²) in [6.45, 7) is 16.7. The molecule has 1 fully saturated rings. The second-order valence-corrected chi connectivity index (χ2v) is 14.8. The molecule has 0 bridgehead atoms. The van der Waals surface area contributed by atoms with E-state index in [4.69, 9.17) is 27.8 Å². The summed E-state index contributed by atoms with van der Waals surface area (Å²) < 4.78 is 69.7. The minimum atomic E-state index is -1.96. The molecule has 0 aliphatic heterocycles. The number of carbonyl (C=O) groups excluding carboxylic acids is 3. The van der Waals surface area contributed by atoms with Crippen LogP contribution in [0.5, 0.6) is 0 Å². The van der Waals surface area contributed by atoms with Crippen LogP contribution in [0.4, 0.5) is 13.6 Å². The van der Waals surface area contributed by atoms with Crippen LogP contribution in [0, 0.1) is 11.8 Å². The summed E-state index contributed by atoms with van der Waals surface area (Å²) in [6, 6.07) is 1.96. The fraction of sp³-hybridized carbons (Fsp3) is 0.553. The zero-order valence-corrected chi connectivity index (χ0v) is 37.0. The van der Waals surface area contributed by atoms with Gasteiger partial charge < -0.3 is 29.0 Å². The summed E-state index contributed by atoms with van der Waals surface area (Å²) in [5.74, 6) is -1.77. The van der Waals surface area contributed by atoms with E-state index < -0.39 is 39.2 Å². The summed E-state index contributed by atoms with van der Waals surface area (Å²) >= 11 is 1.26. The van der Waals surface area contributed by atoms with Crippen LogP contribution in [0.3, 0.4) is 0 Å². The Kier molecular flexibility index (Phi) is 29.0. The van der Waals surface area contributed by atoms with E-state index in [-0.39, 0.29) is 55.3 Å². The van der Waals surface area contributed by atoms with Gasteiger partial charge in [-0.2, -0.15) is 14.6 Å². The van der Waals surface area contributed by atoms with Crippen LogP contribution in [-0.4, -0.2) is 104 Å². The monoisotopic (exact) mass is 889 g/mol. The molecule has 2 aromatic rings. The lowest BCUT2D eigenvalue weighted by Crippen LogP contribution is -2.32. The van der Waals surface area contributed by atoms with Gasteiger partial charge in [-0.1, -0.05) is 19.3 Å². The summed E-state index contributed by atoms with van der Waals surface area (Å²) in [6.07, 6.45) is 8.40. The van der Waals surface area contributed by atoms with E-state index in [0.717, 1.165) is 56.4 Å². The van der Waals surface area contributed by atoms with Crippen molar-refractivity contribution in [1.29, 1.82) is 0 Å². The Hall–Kier alpha value is -4.37. The Labute approximate surface area is 356 Å². The van der Waals surface area contributed by atoms with Gasteiger partial charge in [0.2, 0.25) is 12.7 Å². The summed E-state index contributed by atoms with van der Waals surface area (Å²) in [7, 11) is 1.15. The predicted molar refractivity (Wildman–Crippen MR) is 223 cm³/mol. The van der Waals surface area contributed by atoms with Gasteiger partial charge in [-0.05, 0) is 66.3 Å². The lowest BCUT2D eigenvalue weighted by Gasteiger charge is -2.30. The lowest BCUT2D eigenvalue weighted by molar-refractivity contribution is -0.132. The maximum atomic E-state index is 14.5. The van der Waals surface area contributed by atoms with E-state index in [1.807, 2.05) is 6.92 Å². The Morgan fingerprint density at radius 2 is 1.77 bits per heavy atom. The fourth-order valence-corrected chi connectivity index (χ4v) is 6.09. The molecule has 2 aromatic heterocycles. The number of allylic oxidation sites excluding steroid dienone is 1. The number of hydrazone groups is 1. The minimum Gasteiger partial charge on any atom is -0.465 e. The number of hydrogen-bond acceptors (Lipinski definition) is 17. The van der Waals surface area contributed by atoms with E-state index in [0.29, 0.717) is 12.2 Å². The van der Waals surface area contributed by atoms with Crippen molar-refractivity contribution >= 4 is 52.3 Å². The van der Waals surface area contributed by atoms with Gasteiger partial charge in [0.1, 0.15) is 18.2 Å². The van der Waals surface area contributed by atoms with Crippen molar-refractivity contribution in [3.05, 3.63) is 70.6 Å². The van der Waals surface area contributed by atoms with Crippen molar-refractivity contribution in [3.8, 4) is 0 Å². The summed E-state index contributed by atoms with van der Waals surface area (Å²) in [5.41, 5.74) is 0.833. The van der Waals surface area contributed by atoms with Crippen molar-refractivity contribution in [1.82, 2.24) is 25.1 Å². The van der Waals surface area contributed by atoms with Crippen LogP contribution in [0.2, 0.25) is 0 Å². The number of nitrogens with one attached hydrogen (secondary N) is 1. The molecule has 0 aromatic carbocycles. The molecule has 22 heteroatoms. The Balaban J connectivity index is 0.00000160. The first-order valence-electron chi connectivity index (χ1n) is 18.8. The standard InChI is InChI=1S/C31H42F2N7O8PS.C4H8O2.C3H8O/c1-22(2)48-31(42)44-21-47-49(46-20-43-5)45-19-39-15-23(14-36-39)17-50-18-28(34-3)30(41)37-24(13-27-26(32)11-12-29(33)38-27)16-40(35-4)25-9-7-6-8-10-25;1-4(2)6-3-5;1-3-4-2/h11-12,14-16,18,22,25H,3-4,6-10,13,17,19-21H2,1-2,5H3,(H,37,41);3-4H,1-2H3;3H2,1-2H3/b24-16+,28-18-;;. The van der Waals surface area contributed by atoms with Crippen molar-refractivity contribution in [2.75, 3.05) is 34.4 Å². The molecule has 0 saturated heterocycles. The van der Waals surface area contributed by atoms with Gasteiger partial charge in [0.05, 0.1) is 30.1 Å². The highest BCUT2D eigenvalue weighted by atomic mass is 32.2. The topological polar surface area (TPSA) is 196 Å². The van der Waals surface area contributed by atoms with Crippen LogP contribution in [0.15, 0.2) is 57.6 Å². The molecule has 60 heavy (non-hydrogen) atoms. The first kappa shape index (κ1) is 53.6. The van der Waals surface area contributed by atoms with Crippen LogP contribution < -0.4 is 5.32 Å². The number of halogens is 2. The van der Waals surface area contributed by atoms with Gasteiger partial charge in [0.25, 0.3) is 12.4 Å². The number of hydrogen-bond donors (Lipinski definition) is 1. The van der Waals surface area contributed by atoms with Crippen molar-refractivity contribution in [3.63, 3.8) is 0 Å². The smallest absolute Gasteiger partial charge is 0.465 e. The highest BCUT2D eigenvalue weighted by Gasteiger charge is 2.21. The molecule has 1 unspecified atom stereocenters. The van der Waals surface area contributed by atoms with Crippen LogP contribution >= 0.6 is 20.4 Å². The average Bonchev–Trinajstić information content (AvgIpc) is 3.68. The molecule has 2 heterocycles. The Morgan fingerprint density at radius 3 is 2.35 bits per heavy atom. The third kappa shape index (κ3) is 24.0. The molecule has 1 saturated carbocycles. The minimum absolute atomic E-state index is 0.00217. The number of thioether (sulfide) groups is 1. The zero-order valence-electron chi connectivity index (χ0n) is 35.3. The third-order valence-corrected chi connectivity index (χ3v) is 9.15. The number of aromatic nitrogens is 3. The maximum absolute atomic E-state index is 14.5. The van der Waals surface area contributed by atoms with E-state index in [2.05, 4.69) is 48.4 Å². The SMILES string of the molecule is C=N/C(=C\SCc1cnn(COP(OCOC)OCOC(=O)OC(C)C)c1)C(=O)N/C(=C/N(N=C)C1CCCCC1)Cc1nc(F)ccc1F.CC(C)OC=O.CCOC. The number of ether oxygens (including phenoxy) is 5. The molecule has 1 N–H and O–H groups in total. The van der Waals surface area contributed by atoms with E-state index in [1.54, 1.807) is 58.4 Å². The molecule has 1 atom stereocenters. The molecular formula is C38H58F2N7O11PS. The van der Waals surface area contributed by atoms with E-state index in [1.165, 1.54) is 29.0 Å². The molecule has 0 radical (unpaired) electrons. The number of pyridine rings is 1. The lowest BCUT2D eigenvalue weighted by atomic mass is 9.95. The Morgan fingerprint density at radius 1 is 1.07 bits per heavy atom. The molecular weight excluding hydrogens is 831 g/mol. The quantitative estimate of drug-likeness (QED) is 0.0160. The predicted octanol–water partition coefficient (Wildman–Crippen LogP) is 7.36. The molecule has 1 amide bonds. The highest BCUT2D eigenvalue weighted by Crippen LogP contribution is 2.40. The van der Waals surface area contributed by atoms with Gasteiger partial charge in [0, 0.05) is 68.8 Å². The van der Waals surface area contributed by atoms with Crippen molar-refractivity contribution in [2.45, 2.75) is 104 Å². The number of nitrogens with zero attached hydrogens (tertiary/aromatic N) is 6. The van der Waals surface area contributed by atoms with Crippen molar-refractivity contribution in [2.24, 2.45) is 10.1 Å². The second kappa shape index (κ2) is 32.4. The first-order chi connectivity index (χ1) is 28.8. The number of amides is 1. The number of aliphatic imine (C=N–C) groups is 1. The van der Waals surface area contributed by atoms with E-state index in [9.17, 15) is 23.2 Å². The first-order valence-corrected chi connectivity index (χ1v) is 20.9. The van der Waals surface area contributed by atoms with Gasteiger partial charge in [-0.15, -0.1) is 11.8 Å². The largest absolute Gasteiger partial charge is 0.510 e. The number of methoxy groups -OCH3 is 2. The van der Waals surface area contributed by atoms with Crippen LogP contribution in [-0.2, 0) is 65.7 Å². The maximum Gasteiger partial charge on any atom is 0.510 e. The van der Waals surface area contributed by atoms with Gasteiger partial charge >= 0.3 is 14.8 Å².